The van der Waals surface area contributed by atoms with E-state index in [-0.39, 0.29) is 11.7 Å². The number of nitrogens with zero attached hydrogens (tertiary/aromatic N) is 1. The van der Waals surface area contributed by atoms with E-state index < -0.39 is 5.82 Å². The quantitative estimate of drug-likeness (QED) is 0.710. The molecule has 2 aromatic rings. The molecule has 0 N–H and O–H groups in total. The molecule has 0 atom stereocenters. The van der Waals surface area contributed by atoms with Crippen molar-refractivity contribution in [2.45, 2.75) is 0 Å². The van der Waals surface area contributed by atoms with Crippen LogP contribution in [-0.4, -0.2) is 4.98 Å². The van der Waals surface area contributed by atoms with Crippen LogP contribution in [0.2, 0.25) is 0 Å². The molecule has 1 heterocycles. The molecule has 1 aromatic heterocycles. The summed E-state index contributed by atoms with van der Waals surface area (Å²) in [6, 6.07) is 6.08. The number of ether oxygens (including phenoxy) is 1. The Labute approximate surface area is 73.8 Å². The molecular formula is C9H6FNO2. The molecule has 66 valence electrons. The zero-order chi connectivity index (χ0) is 9.10. The van der Waals surface area contributed by atoms with Crippen molar-refractivity contribution in [3.63, 3.8) is 0 Å². The van der Waals surface area contributed by atoms with E-state index in [1.165, 1.54) is 24.7 Å². The third-order valence-corrected chi connectivity index (χ3v) is 1.46. The summed E-state index contributed by atoms with van der Waals surface area (Å²) in [6.07, 6.45) is 2.59. The van der Waals surface area contributed by atoms with Crippen molar-refractivity contribution >= 4 is 0 Å². The van der Waals surface area contributed by atoms with Crippen LogP contribution in [0.4, 0.5) is 4.39 Å². The van der Waals surface area contributed by atoms with Crippen LogP contribution < -0.4 is 4.74 Å². The van der Waals surface area contributed by atoms with Crippen molar-refractivity contribution in [3.8, 4) is 11.7 Å². The molecule has 1 aromatic carbocycles. The number of rotatable bonds is 2. The van der Waals surface area contributed by atoms with Crippen molar-refractivity contribution in [2.75, 3.05) is 0 Å². The molecule has 0 fully saturated rings. The average molecular weight is 179 g/mol. The number of hydrogen-bond acceptors (Lipinski definition) is 3. The predicted octanol–water partition coefficient (Wildman–Crippen LogP) is 2.61. The van der Waals surface area contributed by atoms with Gasteiger partial charge in [0.2, 0.25) is 0 Å². The fourth-order valence-electron chi connectivity index (χ4n) is 0.890. The molecule has 0 saturated carbocycles. The molecule has 3 nitrogen and oxygen atoms in total. The Balaban J connectivity index is 2.24. The minimum Gasteiger partial charge on any atom is -0.422 e. The Morgan fingerprint density at radius 3 is 2.85 bits per heavy atom. The molecule has 0 aliphatic carbocycles. The van der Waals surface area contributed by atoms with Gasteiger partial charge < -0.3 is 9.15 Å². The largest absolute Gasteiger partial charge is 0.422 e. The van der Waals surface area contributed by atoms with Gasteiger partial charge in [0, 0.05) is 0 Å². The normalized spacial score (nSPS) is 9.92. The van der Waals surface area contributed by atoms with E-state index in [9.17, 15) is 4.39 Å². The molecular weight excluding hydrogens is 173 g/mol. The second-order valence-corrected chi connectivity index (χ2v) is 2.35. The molecule has 2 rings (SSSR count). The molecule has 0 spiro atoms. The number of benzene rings is 1. The molecule has 0 radical (unpaired) electrons. The number of aromatic nitrogens is 1. The maximum absolute atomic E-state index is 13.0. The first-order valence-electron chi connectivity index (χ1n) is 3.67. The molecule has 13 heavy (non-hydrogen) atoms. The van der Waals surface area contributed by atoms with Crippen molar-refractivity contribution in [3.05, 3.63) is 42.7 Å². The van der Waals surface area contributed by atoms with Crippen LogP contribution >= 0.6 is 0 Å². The van der Waals surface area contributed by atoms with Crippen LogP contribution in [0.25, 0.3) is 0 Å². The second kappa shape index (κ2) is 3.26. The monoisotopic (exact) mass is 179 g/mol. The van der Waals surface area contributed by atoms with Gasteiger partial charge >= 0.3 is 5.95 Å². The van der Waals surface area contributed by atoms with Crippen molar-refractivity contribution in [1.29, 1.82) is 0 Å². The van der Waals surface area contributed by atoms with Crippen molar-refractivity contribution in [1.82, 2.24) is 4.98 Å². The lowest BCUT2D eigenvalue weighted by Gasteiger charge is -2.00. The summed E-state index contributed by atoms with van der Waals surface area (Å²) in [6.45, 7) is 0. The van der Waals surface area contributed by atoms with Crippen LogP contribution in [0.5, 0.6) is 11.7 Å². The van der Waals surface area contributed by atoms with E-state index in [2.05, 4.69) is 4.98 Å². The van der Waals surface area contributed by atoms with Crippen LogP contribution in [0.1, 0.15) is 0 Å². The lowest BCUT2D eigenvalue weighted by molar-refractivity contribution is 0.332. The van der Waals surface area contributed by atoms with Gasteiger partial charge in [0.1, 0.15) is 6.20 Å². The zero-order valence-electron chi connectivity index (χ0n) is 6.61. The molecule has 0 unspecified atom stereocenters. The summed E-state index contributed by atoms with van der Waals surface area (Å²) in [5.74, 6) is -0.136. The first-order valence-corrected chi connectivity index (χ1v) is 3.67. The van der Waals surface area contributed by atoms with Gasteiger partial charge in [-0.1, -0.05) is 12.1 Å². The Hall–Kier alpha value is -1.84. The second-order valence-electron chi connectivity index (χ2n) is 2.35. The van der Waals surface area contributed by atoms with Crippen LogP contribution in [0.15, 0.2) is 41.3 Å². The first kappa shape index (κ1) is 7.79. The highest BCUT2D eigenvalue weighted by atomic mass is 19.1. The van der Waals surface area contributed by atoms with Crippen LogP contribution in [0, 0.1) is 5.82 Å². The number of oxazole rings is 1. The summed E-state index contributed by atoms with van der Waals surface area (Å²) in [7, 11) is 0. The van der Waals surface area contributed by atoms with Gasteiger partial charge in [-0.3, -0.25) is 0 Å². The fraction of sp³-hybridized carbons (Fsp3) is 0. The Bertz CT molecular complexity index is 386. The maximum atomic E-state index is 13.0. The third-order valence-electron chi connectivity index (χ3n) is 1.46. The van der Waals surface area contributed by atoms with Crippen molar-refractivity contribution < 1.29 is 13.5 Å². The highest BCUT2D eigenvalue weighted by Crippen LogP contribution is 2.22. The van der Waals surface area contributed by atoms with Gasteiger partial charge in [-0.05, 0) is 12.1 Å². The summed E-state index contributed by atoms with van der Waals surface area (Å²) < 4.78 is 22.8. The molecule has 0 amide bonds. The molecule has 0 bridgehead atoms. The molecule has 0 aliphatic rings. The van der Waals surface area contributed by atoms with E-state index in [0.29, 0.717) is 0 Å². The van der Waals surface area contributed by atoms with Gasteiger partial charge in [-0.2, -0.15) is 0 Å². The zero-order valence-corrected chi connectivity index (χ0v) is 6.61. The summed E-state index contributed by atoms with van der Waals surface area (Å²) in [4.78, 5) is 3.63. The minimum atomic E-state index is -0.432. The van der Waals surface area contributed by atoms with Gasteiger partial charge in [-0.25, -0.2) is 9.37 Å². The standard InChI is InChI=1S/C9H6FNO2/c10-7-3-1-2-4-8(7)13-9-5-11-6-12-9/h1-6H. The summed E-state index contributed by atoms with van der Waals surface area (Å²) in [5.41, 5.74) is 0. The van der Waals surface area contributed by atoms with Gasteiger partial charge in [0.05, 0.1) is 0 Å². The molecule has 0 saturated heterocycles. The lowest BCUT2D eigenvalue weighted by atomic mass is 10.3. The van der Waals surface area contributed by atoms with Crippen LogP contribution in [0.3, 0.4) is 0 Å². The minimum absolute atomic E-state index is 0.124. The van der Waals surface area contributed by atoms with E-state index >= 15 is 0 Å². The summed E-state index contributed by atoms with van der Waals surface area (Å²) >= 11 is 0. The maximum Gasteiger partial charge on any atom is 0.310 e. The number of hydrogen-bond donors (Lipinski definition) is 0. The van der Waals surface area contributed by atoms with Gasteiger partial charge in [0.25, 0.3) is 0 Å². The van der Waals surface area contributed by atoms with E-state index in [4.69, 9.17) is 9.15 Å². The Morgan fingerprint density at radius 2 is 2.15 bits per heavy atom. The van der Waals surface area contributed by atoms with Crippen molar-refractivity contribution in [2.24, 2.45) is 0 Å². The van der Waals surface area contributed by atoms with Gasteiger partial charge in [-0.15, -0.1) is 0 Å². The summed E-state index contributed by atoms with van der Waals surface area (Å²) in [5, 5.41) is 0. The van der Waals surface area contributed by atoms with E-state index in [1.807, 2.05) is 0 Å². The highest BCUT2D eigenvalue weighted by molar-refractivity contribution is 5.26. The Kier molecular flexibility index (Phi) is 1.96. The van der Waals surface area contributed by atoms with E-state index in [0.717, 1.165) is 0 Å². The smallest absolute Gasteiger partial charge is 0.310 e. The highest BCUT2D eigenvalue weighted by Gasteiger charge is 2.04. The Morgan fingerprint density at radius 1 is 1.31 bits per heavy atom. The number of halogens is 1. The molecule has 0 aliphatic heterocycles. The van der Waals surface area contributed by atoms with Crippen LogP contribution in [-0.2, 0) is 0 Å². The fourth-order valence-corrected chi connectivity index (χ4v) is 0.890. The third kappa shape index (κ3) is 1.66. The lowest BCUT2D eigenvalue weighted by Crippen LogP contribution is -1.85. The SMILES string of the molecule is Fc1ccccc1Oc1cnco1. The number of para-hydroxylation sites is 1. The van der Waals surface area contributed by atoms with Gasteiger partial charge in [0.15, 0.2) is 18.0 Å². The topological polar surface area (TPSA) is 35.3 Å². The predicted molar refractivity (Wildman–Crippen MR) is 43.0 cm³/mol. The average Bonchev–Trinajstić information content (AvgIpc) is 2.61. The first-order chi connectivity index (χ1) is 6.36. The molecule has 4 heteroatoms. The van der Waals surface area contributed by atoms with E-state index in [1.54, 1.807) is 12.1 Å².